The van der Waals surface area contributed by atoms with Crippen LogP contribution in [-0.4, -0.2) is 30.6 Å². The van der Waals surface area contributed by atoms with Crippen LogP contribution in [0, 0.1) is 0 Å². The number of rotatable bonds is 4. The molecule has 0 saturated carbocycles. The number of primary amides is 1. The largest absolute Gasteiger partial charge is 0.480 e. The molecule has 0 bridgehead atoms. The van der Waals surface area contributed by atoms with Crippen molar-refractivity contribution in [3.05, 3.63) is 28.2 Å². The molecule has 3 N–H and O–H groups in total. The number of nitrogens with zero attached hydrogens (tertiary/aromatic N) is 1. The fourth-order valence-corrected chi connectivity index (χ4v) is 1.67. The molecule has 1 amide bonds. The molecule has 0 aliphatic heterocycles. The number of amides is 1. The van der Waals surface area contributed by atoms with Crippen LogP contribution in [0.5, 0.6) is 0 Å². The zero-order chi connectivity index (χ0) is 12.3. The molecule has 0 spiro atoms. The second-order valence-electron chi connectivity index (χ2n) is 3.28. The summed E-state index contributed by atoms with van der Waals surface area (Å²) in [5.74, 6) is -1.56. The van der Waals surface area contributed by atoms with Gasteiger partial charge in [0.05, 0.1) is 11.3 Å². The third-order valence-electron chi connectivity index (χ3n) is 2.01. The number of halogens is 1. The van der Waals surface area contributed by atoms with E-state index in [0.717, 1.165) is 4.47 Å². The minimum Gasteiger partial charge on any atom is -0.480 e. The van der Waals surface area contributed by atoms with E-state index in [2.05, 4.69) is 15.9 Å². The predicted molar refractivity (Wildman–Crippen MR) is 63.6 cm³/mol. The van der Waals surface area contributed by atoms with Crippen LogP contribution in [0.15, 0.2) is 22.7 Å². The molecule has 1 rings (SSSR count). The third-order valence-corrected chi connectivity index (χ3v) is 2.50. The summed E-state index contributed by atoms with van der Waals surface area (Å²) in [6.07, 6.45) is 0. The summed E-state index contributed by atoms with van der Waals surface area (Å²) in [4.78, 5) is 23.2. The van der Waals surface area contributed by atoms with E-state index in [-0.39, 0.29) is 6.54 Å². The van der Waals surface area contributed by atoms with Crippen molar-refractivity contribution in [1.29, 1.82) is 0 Å². The highest BCUT2D eigenvalue weighted by atomic mass is 79.9. The maximum absolute atomic E-state index is 11.2. The summed E-state index contributed by atoms with van der Waals surface area (Å²) in [6, 6.07) is 4.89. The molecule has 0 fully saturated rings. The first-order valence-corrected chi connectivity index (χ1v) is 5.23. The van der Waals surface area contributed by atoms with Crippen molar-refractivity contribution in [3.63, 3.8) is 0 Å². The minimum atomic E-state index is -0.974. The average molecular weight is 287 g/mol. The van der Waals surface area contributed by atoms with Gasteiger partial charge in [-0.2, -0.15) is 0 Å². The van der Waals surface area contributed by atoms with Crippen molar-refractivity contribution < 1.29 is 14.7 Å². The van der Waals surface area contributed by atoms with Crippen molar-refractivity contribution in [1.82, 2.24) is 0 Å². The zero-order valence-electron chi connectivity index (χ0n) is 8.61. The lowest BCUT2D eigenvalue weighted by Gasteiger charge is -2.19. The van der Waals surface area contributed by atoms with Gasteiger partial charge in [-0.25, -0.2) is 0 Å². The van der Waals surface area contributed by atoms with Gasteiger partial charge >= 0.3 is 5.97 Å². The molecule has 0 aliphatic rings. The van der Waals surface area contributed by atoms with Gasteiger partial charge in [-0.3, -0.25) is 9.59 Å². The molecule has 0 aromatic heterocycles. The average Bonchev–Trinajstić information content (AvgIpc) is 2.15. The van der Waals surface area contributed by atoms with Crippen molar-refractivity contribution in [3.8, 4) is 0 Å². The highest BCUT2D eigenvalue weighted by molar-refractivity contribution is 9.10. The number of hydrogen-bond donors (Lipinski definition) is 2. The third kappa shape index (κ3) is 2.96. The predicted octanol–water partition coefficient (Wildman–Crippen LogP) is 1.07. The topological polar surface area (TPSA) is 83.6 Å². The Bertz CT molecular complexity index is 434. The van der Waals surface area contributed by atoms with Crippen LogP contribution in [-0.2, 0) is 4.79 Å². The second kappa shape index (κ2) is 4.98. The Morgan fingerprint density at radius 3 is 2.62 bits per heavy atom. The monoisotopic (exact) mass is 286 g/mol. The van der Waals surface area contributed by atoms with E-state index in [9.17, 15) is 9.59 Å². The Balaban J connectivity index is 3.13. The maximum Gasteiger partial charge on any atom is 0.323 e. The van der Waals surface area contributed by atoms with Crippen LogP contribution in [0.4, 0.5) is 5.69 Å². The lowest BCUT2D eigenvalue weighted by Crippen LogP contribution is -2.27. The summed E-state index contributed by atoms with van der Waals surface area (Å²) in [5.41, 5.74) is 5.99. The maximum atomic E-state index is 11.2. The fraction of sp³-hybridized carbons (Fsp3) is 0.200. The molecule has 1 aromatic carbocycles. The standard InChI is InChI=1S/C10H11BrN2O3/c1-13(5-9(14)15)8-4-6(11)2-3-7(8)10(12)16/h2-4H,5H2,1H3,(H2,12,16)(H,14,15). The second-order valence-corrected chi connectivity index (χ2v) is 4.19. The van der Waals surface area contributed by atoms with Gasteiger partial charge in [0.2, 0.25) is 0 Å². The summed E-state index contributed by atoms with van der Waals surface area (Å²) >= 11 is 3.25. The first-order valence-electron chi connectivity index (χ1n) is 4.44. The number of anilines is 1. The van der Waals surface area contributed by atoms with E-state index in [1.807, 2.05) is 0 Å². The first kappa shape index (κ1) is 12.5. The number of likely N-dealkylation sites (N-methyl/N-ethyl adjacent to an activating group) is 1. The zero-order valence-corrected chi connectivity index (χ0v) is 10.2. The molecule has 0 radical (unpaired) electrons. The van der Waals surface area contributed by atoms with E-state index in [1.165, 1.54) is 4.90 Å². The first-order chi connectivity index (χ1) is 7.41. The van der Waals surface area contributed by atoms with Gasteiger partial charge in [-0.1, -0.05) is 15.9 Å². The Hall–Kier alpha value is -1.56. The summed E-state index contributed by atoms with van der Waals surface area (Å²) in [7, 11) is 1.59. The molecule has 86 valence electrons. The highest BCUT2D eigenvalue weighted by Gasteiger charge is 2.14. The van der Waals surface area contributed by atoms with Crippen LogP contribution in [0.3, 0.4) is 0 Å². The summed E-state index contributed by atoms with van der Waals surface area (Å²) < 4.78 is 0.754. The molecule has 0 unspecified atom stereocenters. The smallest absolute Gasteiger partial charge is 0.323 e. The van der Waals surface area contributed by atoms with Crippen molar-refractivity contribution in [2.75, 3.05) is 18.5 Å². The molecular formula is C10H11BrN2O3. The van der Waals surface area contributed by atoms with Crippen LogP contribution >= 0.6 is 15.9 Å². The number of benzene rings is 1. The molecule has 0 heterocycles. The number of nitrogens with two attached hydrogens (primary N) is 1. The molecule has 0 saturated heterocycles. The SMILES string of the molecule is CN(CC(=O)O)c1cc(Br)ccc1C(N)=O. The van der Waals surface area contributed by atoms with Gasteiger partial charge in [0, 0.05) is 11.5 Å². The van der Waals surface area contributed by atoms with Crippen LogP contribution < -0.4 is 10.6 Å². The Morgan fingerprint density at radius 1 is 1.50 bits per heavy atom. The number of carboxylic acid groups (broad SMARTS) is 1. The number of hydrogen-bond acceptors (Lipinski definition) is 3. The van der Waals surface area contributed by atoms with Crippen LogP contribution in [0.2, 0.25) is 0 Å². The summed E-state index contributed by atoms with van der Waals surface area (Å²) in [6.45, 7) is -0.198. The van der Waals surface area contributed by atoms with E-state index in [4.69, 9.17) is 10.8 Å². The van der Waals surface area contributed by atoms with Crippen molar-refractivity contribution in [2.24, 2.45) is 5.73 Å². The fourth-order valence-electron chi connectivity index (χ4n) is 1.32. The lowest BCUT2D eigenvalue weighted by molar-refractivity contribution is -0.135. The molecule has 5 nitrogen and oxygen atoms in total. The van der Waals surface area contributed by atoms with Gasteiger partial charge in [-0.05, 0) is 18.2 Å². The number of carbonyl (C=O) groups is 2. The molecule has 0 atom stereocenters. The molecule has 6 heteroatoms. The molecule has 16 heavy (non-hydrogen) atoms. The van der Waals surface area contributed by atoms with E-state index in [1.54, 1.807) is 25.2 Å². The molecular weight excluding hydrogens is 276 g/mol. The quantitative estimate of drug-likeness (QED) is 0.867. The van der Waals surface area contributed by atoms with Gasteiger partial charge in [0.1, 0.15) is 6.54 Å². The number of aliphatic carboxylic acids is 1. The normalized spacial score (nSPS) is 9.88. The number of carbonyl (C=O) groups excluding carboxylic acids is 1. The minimum absolute atomic E-state index is 0.198. The van der Waals surface area contributed by atoms with Gasteiger partial charge in [0.25, 0.3) is 5.91 Å². The Morgan fingerprint density at radius 2 is 2.12 bits per heavy atom. The van der Waals surface area contributed by atoms with Crippen molar-refractivity contribution in [2.45, 2.75) is 0 Å². The molecule has 1 aromatic rings. The van der Waals surface area contributed by atoms with Crippen LogP contribution in [0.25, 0.3) is 0 Å². The van der Waals surface area contributed by atoms with E-state index in [0.29, 0.717) is 11.3 Å². The Labute approximate surface area is 101 Å². The highest BCUT2D eigenvalue weighted by Crippen LogP contribution is 2.23. The van der Waals surface area contributed by atoms with Gasteiger partial charge in [0.15, 0.2) is 0 Å². The van der Waals surface area contributed by atoms with Gasteiger partial charge in [-0.15, -0.1) is 0 Å². The van der Waals surface area contributed by atoms with Crippen molar-refractivity contribution >= 4 is 33.5 Å². The van der Waals surface area contributed by atoms with Gasteiger partial charge < -0.3 is 15.7 Å². The Kier molecular flexibility index (Phi) is 3.89. The van der Waals surface area contributed by atoms with E-state index < -0.39 is 11.9 Å². The lowest BCUT2D eigenvalue weighted by atomic mass is 10.1. The molecule has 0 aliphatic carbocycles. The van der Waals surface area contributed by atoms with Crippen LogP contribution in [0.1, 0.15) is 10.4 Å². The van der Waals surface area contributed by atoms with E-state index >= 15 is 0 Å². The summed E-state index contributed by atoms with van der Waals surface area (Å²) in [5, 5.41) is 8.67. The number of carboxylic acids is 1.